The summed E-state index contributed by atoms with van der Waals surface area (Å²) in [5, 5.41) is 6.06. The lowest BCUT2D eigenvalue weighted by molar-refractivity contribution is -0.123. The predicted molar refractivity (Wildman–Crippen MR) is 105 cm³/mol. The Balaban J connectivity index is 1.58. The summed E-state index contributed by atoms with van der Waals surface area (Å²) < 4.78 is 7.42. The summed E-state index contributed by atoms with van der Waals surface area (Å²) in [6, 6.07) is 15.6. The van der Waals surface area contributed by atoms with Gasteiger partial charge >= 0.3 is 0 Å². The van der Waals surface area contributed by atoms with Crippen molar-refractivity contribution in [3.8, 4) is 5.75 Å². The largest absolute Gasteiger partial charge is 0.483 e. The lowest BCUT2D eigenvalue weighted by Crippen LogP contribution is -2.24. The van der Waals surface area contributed by atoms with Gasteiger partial charge < -0.3 is 4.74 Å². The van der Waals surface area contributed by atoms with Crippen LogP contribution in [0.2, 0.25) is 0 Å². The van der Waals surface area contributed by atoms with Gasteiger partial charge in [0.1, 0.15) is 5.75 Å². The maximum absolute atomic E-state index is 11.8. The Bertz CT molecular complexity index is 908. The third-order valence-electron chi connectivity index (χ3n) is 3.16. The van der Waals surface area contributed by atoms with Gasteiger partial charge in [-0.2, -0.15) is 5.10 Å². The van der Waals surface area contributed by atoms with Crippen LogP contribution in [-0.4, -0.2) is 18.7 Å². The summed E-state index contributed by atoms with van der Waals surface area (Å²) in [5.41, 5.74) is 2.45. The van der Waals surface area contributed by atoms with Crippen LogP contribution >= 0.6 is 43.2 Å². The number of benzene rings is 2. The molecule has 1 aromatic heterocycles. The molecule has 3 rings (SSSR count). The van der Waals surface area contributed by atoms with Gasteiger partial charge in [0.25, 0.3) is 5.91 Å². The van der Waals surface area contributed by atoms with E-state index in [2.05, 4.69) is 42.4 Å². The minimum atomic E-state index is -0.318. The molecule has 0 saturated heterocycles. The predicted octanol–water partition coefficient (Wildman–Crippen LogP) is 4.96. The van der Waals surface area contributed by atoms with Crippen molar-refractivity contribution < 1.29 is 9.53 Å². The zero-order chi connectivity index (χ0) is 16.9. The fourth-order valence-electron chi connectivity index (χ4n) is 2.07. The molecule has 0 unspecified atom stereocenters. The van der Waals surface area contributed by atoms with Crippen molar-refractivity contribution in [1.82, 2.24) is 5.43 Å². The highest BCUT2D eigenvalue weighted by Crippen LogP contribution is 2.32. The van der Waals surface area contributed by atoms with Crippen molar-refractivity contribution in [2.45, 2.75) is 0 Å². The van der Waals surface area contributed by atoms with Crippen molar-refractivity contribution in [3.05, 3.63) is 61.7 Å². The zero-order valence-corrected chi connectivity index (χ0v) is 16.3. The number of carbonyl (C=O) groups excluding carboxylic acids is 1. The van der Waals surface area contributed by atoms with Crippen LogP contribution in [0, 0.1) is 0 Å². The average Bonchev–Trinajstić information content (AvgIpc) is 3.00. The number of hydrogen-bond acceptors (Lipinski definition) is 4. The summed E-state index contributed by atoms with van der Waals surface area (Å²) in [4.78, 5) is 12.8. The molecule has 0 radical (unpaired) electrons. The number of ether oxygens (including phenoxy) is 1. The van der Waals surface area contributed by atoms with E-state index in [1.165, 1.54) is 11.3 Å². The molecule has 0 spiro atoms. The lowest BCUT2D eigenvalue weighted by Gasteiger charge is -2.09. The van der Waals surface area contributed by atoms with Gasteiger partial charge in [-0.05, 0) is 60.8 Å². The standard InChI is InChI=1S/C17H12Br2N2O2S/c18-15-8-6-12(24-15)9-20-21-16(22)10-23-14-7-5-11-3-1-2-4-13(11)17(14)19/h1-9H,10H2,(H,21,22)/b20-9-. The van der Waals surface area contributed by atoms with Gasteiger partial charge in [0.2, 0.25) is 0 Å². The maximum atomic E-state index is 11.8. The molecule has 0 aliphatic carbocycles. The second kappa shape index (κ2) is 7.92. The van der Waals surface area contributed by atoms with Gasteiger partial charge in [-0.15, -0.1) is 11.3 Å². The normalized spacial score (nSPS) is 11.1. The Labute approximate surface area is 159 Å². The fourth-order valence-corrected chi connectivity index (χ4v) is 3.97. The van der Waals surface area contributed by atoms with Crippen LogP contribution in [0.1, 0.15) is 4.88 Å². The van der Waals surface area contributed by atoms with E-state index in [0.29, 0.717) is 5.75 Å². The average molecular weight is 468 g/mol. The molecule has 0 aliphatic heterocycles. The van der Waals surface area contributed by atoms with Crippen LogP contribution in [-0.2, 0) is 4.79 Å². The Morgan fingerprint density at radius 2 is 2.00 bits per heavy atom. The van der Waals surface area contributed by atoms with E-state index >= 15 is 0 Å². The first-order valence-electron chi connectivity index (χ1n) is 7.01. The molecule has 3 aromatic rings. The molecule has 1 N–H and O–H groups in total. The molecular formula is C17H12Br2N2O2S. The summed E-state index contributed by atoms with van der Waals surface area (Å²) in [6.45, 7) is -0.109. The van der Waals surface area contributed by atoms with Gasteiger partial charge in [-0.1, -0.05) is 30.3 Å². The summed E-state index contributed by atoms with van der Waals surface area (Å²) in [6.07, 6.45) is 1.60. The lowest BCUT2D eigenvalue weighted by atomic mass is 10.1. The number of carbonyl (C=O) groups is 1. The Kier molecular flexibility index (Phi) is 5.65. The minimum Gasteiger partial charge on any atom is -0.483 e. The second-order valence-corrected chi connectivity index (χ2v) is 8.11. The fraction of sp³-hybridized carbons (Fsp3) is 0.0588. The molecule has 1 heterocycles. The number of thiophene rings is 1. The van der Waals surface area contributed by atoms with Crippen LogP contribution in [0.25, 0.3) is 10.8 Å². The second-order valence-electron chi connectivity index (χ2n) is 4.82. The molecule has 122 valence electrons. The van der Waals surface area contributed by atoms with Crippen LogP contribution in [0.3, 0.4) is 0 Å². The summed E-state index contributed by atoms with van der Waals surface area (Å²) >= 11 is 8.43. The van der Waals surface area contributed by atoms with E-state index in [4.69, 9.17) is 4.74 Å². The van der Waals surface area contributed by atoms with Gasteiger partial charge in [0.15, 0.2) is 6.61 Å². The van der Waals surface area contributed by atoms with E-state index in [0.717, 1.165) is 23.9 Å². The third-order valence-corrected chi connectivity index (χ3v) is 5.54. The van der Waals surface area contributed by atoms with Crippen molar-refractivity contribution >= 4 is 66.1 Å². The Morgan fingerprint density at radius 3 is 2.79 bits per heavy atom. The van der Waals surface area contributed by atoms with Crippen LogP contribution in [0.15, 0.2) is 61.9 Å². The van der Waals surface area contributed by atoms with E-state index in [-0.39, 0.29) is 12.5 Å². The molecule has 24 heavy (non-hydrogen) atoms. The van der Waals surface area contributed by atoms with Crippen LogP contribution in [0.4, 0.5) is 0 Å². The van der Waals surface area contributed by atoms with Crippen LogP contribution < -0.4 is 10.2 Å². The third kappa shape index (κ3) is 4.23. The zero-order valence-electron chi connectivity index (χ0n) is 12.3. The number of halogens is 2. The number of fused-ring (bicyclic) bond motifs is 1. The van der Waals surface area contributed by atoms with E-state index in [9.17, 15) is 4.79 Å². The van der Waals surface area contributed by atoms with Gasteiger partial charge in [0.05, 0.1) is 14.5 Å². The SMILES string of the molecule is O=C(COc1ccc2ccccc2c1Br)N/N=C\c1ccc(Br)s1. The van der Waals surface area contributed by atoms with Gasteiger partial charge in [-0.3, -0.25) is 4.79 Å². The summed E-state index contributed by atoms with van der Waals surface area (Å²) in [5.74, 6) is 0.303. The summed E-state index contributed by atoms with van der Waals surface area (Å²) in [7, 11) is 0. The van der Waals surface area contributed by atoms with Crippen molar-refractivity contribution in [2.24, 2.45) is 5.10 Å². The molecule has 1 amide bonds. The van der Waals surface area contributed by atoms with Crippen molar-refractivity contribution in [2.75, 3.05) is 6.61 Å². The first-order valence-corrected chi connectivity index (χ1v) is 9.41. The van der Waals surface area contributed by atoms with Gasteiger partial charge in [-0.25, -0.2) is 5.43 Å². The Hall–Kier alpha value is -1.70. The highest BCUT2D eigenvalue weighted by molar-refractivity contribution is 9.11. The quantitative estimate of drug-likeness (QED) is 0.426. The van der Waals surface area contributed by atoms with Gasteiger partial charge in [0, 0.05) is 4.88 Å². The highest BCUT2D eigenvalue weighted by Gasteiger charge is 2.08. The number of nitrogens with one attached hydrogen (secondary N) is 1. The number of hydrazone groups is 1. The Morgan fingerprint density at radius 1 is 1.17 bits per heavy atom. The maximum Gasteiger partial charge on any atom is 0.277 e. The van der Waals surface area contributed by atoms with Crippen molar-refractivity contribution in [1.29, 1.82) is 0 Å². The monoisotopic (exact) mass is 466 g/mol. The molecule has 2 aromatic carbocycles. The molecule has 7 heteroatoms. The molecule has 0 fully saturated rings. The highest BCUT2D eigenvalue weighted by atomic mass is 79.9. The first-order chi connectivity index (χ1) is 11.6. The van der Waals surface area contributed by atoms with E-state index < -0.39 is 0 Å². The molecule has 4 nitrogen and oxygen atoms in total. The van der Waals surface area contributed by atoms with E-state index in [1.807, 2.05) is 48.5 Å². The number of amides is 1. The van der Waals surface area contributed by atoms with Crippen molar-refractivity contribution in [3.63, 3.8) is 0 Å². The smallest absolute Gasteiger partial charge is 0.277 e. The molecule has 0 bridgehead atoms. The van der Waals surface area contributed by atoms with E-state index in [1.54, 1.807) is 6.21 Å². The first kappa shape index (κ1) is 17.1. The number of nitrogens with zero attached hydrogens (tertiary/aromatic N) is 1. The minimum absolute atomic E-state index is 0.109. The number of rotatable bonds is 5. The molecule has 0 atom stereocenters. The topological polar surface area (TPSA) is 50.7 Å². The van der Waals surface area contributed by atoms with Crippen LogP contribution in [0.5, 0.6) is 5.75 Å². The molecular weight excluding hydrogens is 456 g/mol. The number of hydrogen-bond donors (Lipinski definition) is 1. The molecule has 0 aliphatic rings. The molecule has 0 saturated carbocycles.